The first-order valence-corrected chi connectivity index (χ1v) is 5.30. The van der Waals surface area contributed by atoms with Crippen molar-refractivity contribution >= 4 is 17.9 Å². The number of hydrogen-bond donors (Lipinski definition) is 0. The SMILES string of the molecule is O=Cc1ccc(C2CCCC2)nc1Cl. The molecule has 14 heavy (non-hydrogen) atoms. The van der Waals surface area contributed by atoms with Crippen LogP contribution in [0.1, 0.15) is 47.7 Å². The summed E-state index contributed by atoms with van der Waals surface area (Å²) < 4.78 is 0. The Morgan fingerprint density at radius 3 is 2.64 bits per heavy atom. The van der Waals surface area contributed by atoms with E-state index in [4.69, 9.17) is 11.6 Å². The van der Waals surface area contributed by atoms with E-state index >= 15 is 0 Å². The second-order valence-electron chi connectivity index (χ2n) is 3.72. The van der Waals surface area contributed by atoms with E-state index in [1.807, 2.05) is 6.07 Å². The molecule has 1 heterocycles. The zero-order valence-electron chi connectivity index (χ0n) is 7.87. The molecule has 0 aliphatic heterocycles. The van der Waals surface area contributed by atoms with Crippen molar-refractivity contribution in [1.29, 1.82) is 0 Å². The quantitative estimate of drug-likeness (QED) is 0.553. The molecule has 3 heteroatoms. The molecule has 0 spiro atoms. The minimum atomic E-state index is 0.337. The standard InChI is InChI=1S/C11H12ClNO/c12-11-9(7-14)5-6-10(13-11)8-3-1-2-4-8/h5-8H,1-4H2. The van der Waals surface area contributed by atoms with Crippen LogP contribution in [0.3, 0.4) is 0 Å². The fourth-order valence-electron chi connectivity index (χ4n) is 2.00. The van der Waals surface area contributed by atoms with Crippen molar-refractivity contribution in [2.45, 2.75) is 31.6 Å². The molecule has 1 aromatic rings. The molecule has 0 amide bonds. The van der Waals surface area contributed by atoms with Crippen LogP contribution in [0.4, 0.5) is 0 Å². The number of rotatable bonds is 2. The first-order chi connectivity index (χ1) is 6.81. The molecule has 1 fully saturated rings. The number of hydrogen-bond acceptors (Lipinski definition) is 2. The molecular formula is C11H12ClNO. The first kappa shape index (κ1) is 9.66. The van der Waals surface area contributed by atoms with Gasteiger partial charge in [0.25, 0.3) is 0 Å². The number of halogens is 1. The minimum Gasteiger partial charge on any atom is -0.298 e. The second kappa shape index (κ2) is 4.09. The zero-order chi connectivity index (χ0) is 9.97. The number of carbonyl (C=O) groups is 1. The third-order valence-corrected chi connectivity index (χ3v) is 3.10. The summed E-state index contributed by atoms with van der Waals surface area (Å²) in [5.41, 5.74) is 1.52. The highest BCUT2D eigenvalue weighted by Gasteiger charge is 2.18. The van der Waals surface area contributed by atoms with Crippen molar-refractivity contribution < 1.29 is 4.79 Å². The third-order valence-electron chi connectivity index (χ3n) is 2.80. The minimum absolute atomic E-state index is 0.337. The maximum Gasteiger partial charge on any atom is 0.153 e. The van der Waals surface area contributed by atoms with Crippen molar-refractivity contribution in [1.82, 2.24) is 4.98 Å². The Balaban J connectivity index is 2.27. The van der Waals surface area contributed by atoms with Crippen LogP contribution in [-0.2, 0) is 0 Å². The molecule has 0 saturated heterocycles. The van der Waals surface area contributed by atoms with Crippen LogP contribution in [0.15, 0.2) is 12.1 Å². The monoisotopic (exact) mass is 209 g/mol. The van der Waals surface area contributed by atoms with Crippen LogP contribution in [0, 0.1) is 0 Å². The second-order valence-corrected chi connectivity index (χ2v) is 4.07. The Hall–Kier alpha value is -0.890. The molecule has 0 aromatic carbocycles. The van der Waals surface area contributed by atoms with Gasteiger partial charge in [0.05, 0.1) is 5.56 Å². The summed E-state index contributed by atoms with van der Waals surface area (Å²) in [6.07, 6.45) is 5.69. The molecular weight excluding hydrogens is 198 g/mol. The van der Waals surface area contributed by atoms with Gasteiger partial charge >= 0.3 is 0 Å². The fraction of sp³-hybridized carbons (Fsp3) is 0.455. The summed E-state index contributed by atoms with van der Waals surface area (Å²) in [5, 5.41) is 0.337. The summed E-state index contributed by atoms with van der Waals surface area (Å²) in [5.74, 6) is 0.549. The highest BCUT2D eigenvalue weighted by Crippen LogP contribution is 2.33. The Morgan fingerprint density at radius 2 is 2.07 bits per heavy atom. The lowest BCUT2D eigenvalue weighted by Gasteiger charge is -2.08. The fourth-order valence-corrected chi connectivity index (χ4v) is 2.20. The number of nitrogens with zero attached hydrogens (tertiary/aromatic N) is 1. The molecule has 0 atom stereocenters. The van der Waals surface area contributed by atoms with Gasteiger partial charge in [-0.25, -0.2) is 4.98 Å². The lowest BCUT2D eigenvalue weighted by atomic mass is 10.0. The first-order valence-electron chi connectivity index (χ1n) is 4.93. The van der Waals surface area contributed by atoms with Gasteiger partial charge in [0.1, 0.15) is 5.15 Å². The van der Waals surface area contributed by atoms with Gasteiger partial charge in [-0.1, -0.05) is 24.4 Å². The van der Waals surface area contributed by atoms with Crippen LogP contribution < -0.4 is 0 Å². The van der Waals surface area contributed by atoms with Gasteiger partial charge in [-0.3, -0.25) is 4.79 Å². The van der Waals surface area contributed by atoms with Gasteiger partial charge in [0, 0.05) is 11.6 Å². The van der Waals surface area contributed by atoms with Crippen LogP contribution in [0.25, 0.3) is 0 Å². The van der Waals surface area contributed by atoms with Gasteiger partial charge < -0.3 is 0 Å². The maximum absolute atomic E-state index is 10.5. The molecule has 2 nitrogen and oxygen atoms in total. The van der Waals surface area contributed by atoms with Crippen LogP contribution in [0.5, 0.6) is 0 Å². The zero-order valence-corrected chi connectivity index (χ0v) is 8.63. The summed E-state index contributed by atoms with van der Waals surface area (Å²) in [6, 6.07) is 3.68. The molecule has 0 bridgehead atoms. The van der Waals surface area contributed by atoms with Gasteiger partial charge in [-0.05, 0) is 25.0 Å². The highest BCUT2D eigenvalue weighted by molar-refractivity contribution is 6.31. The molecule has 1 aromatic heterocycles. The van der Waals surface area contributed by atoms with E-state index in [0.29, 0.717) is 16.6 Å². The molecule has 1 aliphatic rings. The van der Waals surface area contributed by atoms with Crippen LogP contribution in [-0.4, -0.2) is 11.3 Å². The number of aldehydes is 1. The smallest absolute Gasteiger partial charge is 0.153 e. The van der Waals surface area contributed by atoms with E-state index in [9.17, 15) is 4.79 Å². The Kier molecular flexibility index (Phi) is 2.82. The third kappa shape index (κ3) is 1.80. The van der Waals surface area contributed by atoms with Gasteiger partial charge in [0.2, 0.25) is 0 Å². The van der Waals surface area contributed by atoms with Gasteiger partial charge in [-0.2, -0.15) is 0 Å². The molecule has 2 rings (SSSR count). The van der Waals surface area contributed by atoms with Crippen LogP contribution >= 0.6 is 11.6 Å². The molecule has 0 unspecified atom stereocenters. The average molecular weight is 210 g/mol. The summed E-state index contributed by atoms with van der Waals surface area (Å²) >= 11 is 5.87. The van der Waals surface area contributed by atoms with E-state index in [-0.39, 0.29) is 0 Å². The van der Waals surface area contributed by atoms with Crippen molar-refractivity contribution in [2.75, 3.05) is 0 Å². The summed E-state index contributed by atoms with van der Waals surface area (Å²) in [7, 11) is 0. The number of pyridine rings is 1. The lowest BCUT2D eigenvalue weighted by molar-refractivity contribution is 0.112. The Bertz CT molecular complexity index is 345. The molecule has 74 valence electrons. The number of aromatic nitrogens is 1. The van der Waals surface area contributed by atoms with E-state index in [2.05, 4.69) is 4.98 Å². The summed E-state index contributed by atoms with van der Waals surface area (Å²) in [6.45, 7) is 0. The summed E-state index contributed by atoms with van der Waals surface area (Å²) in [4.78, 5) is 14.8. The largest absolute Gasteiger partial charge is 0.298 e. The maximum atomic E-state index is 10.5. The van der Waals surface area contributed by atoms with E-state index < -0.39 is 0 Å². The predicted octanol–water partition coefficient (Wildman–Crippen LogP) is 3.21. The van der Waals surface area contributed by atoms with Crippen molar-refractivity contribution in [3.63, 3.8) is 0 Å². The van der Waals surface area contributed by atoms with Gasteiger partial charge in [0.15, 0.2) is 6.29 Å². The average Bonchev–Trinajstić information content (AvgIpc) is 2.70. The molecule has 1 saturated carbocycles. The topological polar surface area (TPSA) is 30.0 Å². The lowest BCUT2D eigenvalue weighted by Crippen LogP contribution is -1.98. The van der Waals surface area contributed by atoms with Crippen molar-refractivity contribution in [2.24, 2.45) is 0 Å². The molecule has 1 aliphatic carbocycles. The van der Waals surface area contributed by atoms with E-state index in [1.165, 1.54) is 25.7 Å². The van der Waals surface area contributed by atoms with Gasteiger partial charge in [-0.15, -0.1) is 0 Å². The van der Waals surface area contributed by atoms with Crippen molar-refractivity contribution in [3.8, 4) is 0 Å². The normalized spacial score (nSPS) is 17.2. The number of carbonyl (C=O) groups excluding carboxylic acids is 1. The Labute approximate surface area is 88.3 Å². The van der Waals surface area contributed by atoms with E-state index in [0.717, 1.165) is 12.0 Å². The highest BCUT2D eigenvalue weighted by atomic mass is 35.5. The molecule has 0 N–H and O–H groups in total. The van der Waals surface area contributed by atoms with Crippen molar-refractivity contribution in [3.05, 3.63) is 28.5 Å². The van der Waals surface area contributed by atoms with Crippen LogP contribution in [0.2, 0.25) is 5.15 Å². The van der Waals surface area contributed by atoms with E-state index in [1.54, 1.807) is 6.07 Å². The predicted molar refractivity (Wildman–Crippen MR) is 55.8 cm³/mol. The molecule has 0 radical (unpaired) electrons. The Morgan fingerprint density at radius 1 is 1.36 bits per heavy atom.